The fourth-order valence-corrected chi connectivity index (χ4v) is 3.31. The van der Waals surface area contributed by atoms with Gasteiger partial charge in [0.25, 0.3) is 0 Å². The number of aromatic nitrogens is 2. The molecule has 1 aromatic heterocycles. The number of imidazole rings is 1. The first-order chi connectivity index (χ1) is 7.77. The van der Waals surface area contributed by atoms with Crippen LogP contribution < -0.4 is 0 Å². The molecule has 0 bridgehead atoms. The molecule has 1 saturated carbocycles. The first kappa shape index (κ1) is 11.7. The molecule has 0 aliphatic heterocycles. The Hall–Kier alpha value is -0.770. The van der Waals surface area contributed by atoms with E-state index in [1.165, 1.54) is 32.1 Å². The second-order valence-corrected chi connectivity index (χ2v) is 5.64. The van der Waals surface area contributed by atoms with E-state index in [1.807, 2.05) is 25.0 Å². The molecule has 0 amide bonds. The minimum Gasteiger partial charge on any atom is -0.332 e. The normalized spacial score (nSPS) is 17.6. The van der Waals surface area contributed by atoms with Gasteiger partial charge in [-0.15, -0.1) is 0 Å². The number of carbonyl (C=O) groups excluding carboxylic acids is 1. The molecule has 3 nitrogen and oxygen atoms in total. The van der Waals surface area contributed by atoms with E-state index in [0.717, 1.165) is 0 Å². The van der Waals surface area contributed by atoms with Gasteiger partial charge in [0.15, 0.2) is 5.82 Å². The molecular formula is C12H18N2OS. The van der Waals surface area contributed by atoms with E-state index < -0.39 is 0 Å². The molecule has 2 rings (SSSR count). The van der Waals surface area contributed by atoms with E-state index >= 15 is 0 Å². The third-order valence-electron chi connectivity index (χ3n) is 3.07. The van der Waals surface area contributed by atoms with Gasteiger partial charge in [-0.1, -0.05) is 19.3 Å². The molecular weight excluding hydrogens is 220 g/mol. The second kappa shape index (κ2) is 5.53. The van der Waals surface area contributed by atoms with Gasteiger partial charge in [-0.25, -0.2) is 4.98 Å². The van der Waals surface area contributed by atoms with Crippen molar-refractivity contribution in [3.8, 4) is 0 Å². The van der Waals surface area contributed by atoms with Crippen LogP contribution in [-0.4, -0.2) is 26.3 Å². The summed E-state index contributed by atoms with van der Waals surface area (Å²) >= 11 is 1.81. The van der Waals surface area contributed by atoms with E-state index in [9.17, 15) is 4.79 Å². The average Bonchev–Trinajstić information content (AvgIpc) is 2.74. The molecule has 0 N–H and O–H groups in total. The van der Waals surface area contributed by atoms with Crippen LogP contribution in [0.4, 0.5) is 0 Å². The molecule has 0 aromatic carbocycles. The summed E-state index contributed by atoms with van der Waals surface area (Å²) in [5.41, 5.74) is 0. The number of carbonyl (C=O) groups is 1. The number of hydrogen-bond donors (Lipinski definition) is 0. The topological polar surface area (TPSA) is 34.9 Å². The Balaban J connectivity index is 1.81. The average molecular weight is 238 g/mol. The van der Waals surface area contributed by atoms with Gasteiger partial charge in [0.05, 0.1) is 5.75 Å². The molecule has 0 unspecified atom stereocenters. The van der Waals surface area contributed by atoms with Gasteiger partial charge < -0.3 is 4.57 Å². The fourth-order valence-electron chi connectivity index (χ4n) is 2.12. The quantitative estimate of drug-likeness (QED) is 0.756. The lowest BCUT2D eigenvalue weighted by atomic mass is 10.0. The Morgan fingerprint density at radius 2 is 2.25 bits per heavy atom. The number of hydrogen-bond acceptors (Lipinski definition) is 3. The van der Waals surface area contributed by atoms with Crippen molar-refractivity contribution in [3.05, 3.63) is 18.2 Å². The molecule has 88 valence electrons. The third kappa shape index (κ3) is 2.88. The van der Waals surface area contributed by atoms with Crippen LogP contribution in [0.1, 0.15) is 42.7 Å². The summed E-state index contributed by atoms with van der Waals surface area (Å²) in [7, 11) is 1.87. The Bertz CT molecular complexity index is 356. The second-order valence-electron chi connectivity index (χ2n) is 4.36. The van der Waals surface area contributed by atoms with Crippen molar-refractivity contribution >= 4 is 17.5 Å². The minimum absolute atomic E-state index is 0.156. The van der Waals surface area contributed by atoms with Crippen molar-refractivity contribution in [2.45, 2.75) is 37.4 Å². The van der Waals surface area contributed by atoms with Gasteiger partial charge in [0.2, 0.25) is 5.78 Å². The smallest absolute Gasteiger partial charge is 0.208 e. The number of thioether (sulfide) groups is 1. The molecule has 1 aliphatic carbocycles. The molecule has 0 saturated heterocycles. The van der Waals surface area contributed by atoms with Crippen molar-refractivity contribution in [2.75, 3.05) is 5.75 Å². The SMILES string of the molecule is Cn1ccnc1C(=O)CSC1CCCCC1. The van der Waals surface area contributed by atoms with Gasteiger partial charge in [0.1, 0.15) is 0 Å². The molecule has 0 spiro atoms. The number of aryl methyl sites for hydroxylation is 1. The van der Waals surface area contributed by atoms with E-state index in [2.05, 4.69) is 4.98 Å². The predicted octanol–water partition coefficient (Wildman–Crippen LogP) is 2.67. The van der Waals surface area contributed by atoms with Gasteiger partial charge >= 0.3 is 0 Å². The zero-order valence-electron chi connectivity index (χ0n) is 9.69. The van der Waals surface area contributed by atoms with Crippen LogP contribution in [0.25, 0.3) is 0 Å². The zero-order valence-corrected chi connectivity index (χ0v) is 10.5. The molecule has 1 heterocycles. The summed E-state index contributed by atoms with van der Waals surface area (Å²) in [6, 6.07) is 0. The largest absolute Gasteiger partial charge is 0.332 e. The monoisotopic (exact) mass is 238 g/mol. The van der Waals surface area contributed by atoms with Crippen molar-refractivity contribution in [1.82, 2.24) is 9.55 Å². The number of ketones is 1. The first-order valence-electron chi connectivity index (χ1n) is 5.89. The van der Waals surface area contributed by atoms with Crippen molar-refractivity contribution < 1.29 is 4.79 Å². The summed E-state index contributed by atoms with van der Waals surface area (Å²) in [4.78, 5) is 15.9. The molecule has 1 fully saturated rings. The third-order valence-corrected chi connectivity index (χ3v) is 4.44. The van der Waals surface area contributed by atoms with E-state index in [-0.39, 0.29) is 5.78 Å². The number of Topliss-reactive ketones (excluding diaryl/α,β-unsaturated/α-hetero) is 1. The molecule has 0 atom stereocenters. The molecule has 4 heteroatoms. The highest BCUT2D eigenvalue weighted by Gasteiger charge is 2.17. The highest BCUT2D eigenvalue weighted by Crippen LogP contribution is 2.28. The maximum absolute atomic E-state index is 11.9. The van der Waals surface area contributed by atoms with Crippen LogP contribution >= 0.6 is 11.8 Å². The Kier molecular flexibility index (Phi) is 4.04. The van der Waals surface area contributed by atoms with Gasteiger partial charge in [-0.3, -0.25) is 4.79 Å². The van der Waals surface area contributed by atoms with Crippen LogP contribution in [-0.2, 0) is 7.05 Å². The Morgan fingerprint density at radius 3 is 2.88 bits per heavy atom. The Morgan fingerprint density at radius 1 is 1.50 bits per heavy atom. The number of rotatable bonds is 4. The highest BCUT2D eigenvalue weighted by atomic mass is 32.2. The summed E-state index contributed by atoms with van der Waals surface area (Å²) in [5, 5.41) is 0.693. The lowest BCUT2D eigenvalue weighted by Crippen LogP contribution is -2.14. The van der Waals surface area contributed by atoms with Crippen LogP contribution in [0.5, 0.6) is 0 Å². The van der Waals surface area contributed by atoms with Crippen LogP contribution in [0.3, 0.4) is 0 Å². The zero-order chi connectivity index (χ0) is 11.4. The van der Waals surface area contributed by atoms with E-state index in [4.69, 9.17) is 0 Å². The van der Waals surface area contributed by atoms with Crippen LogP contribution in [0.2, 0.25) is 0 Å². The fraction of sp³-hybridized carbons (Fsp3) is 0.667. The summed E-state index contributed by atoms with van der Waals surface area (Å²) in [6.07, 6.45) is 10.1. The minimum atomic E-state index is 0.156. The van der Waals surface area contributed by atoms with Crippen molar-refractivity contribution in [2.24, 2.45) is 7.05 Å². The molecule has 0 radical (unpaired) electrons. The molecule has 1 aromatic rings. The van der Waals surface area contributed by atoms with Gasteiger partial charge in [0, 0.05) is 24.7 Å². The Labute approximate surface area is 101 Å². The lowest BCUT2D eigenvalue weighted by molar-refractivity contribution is 0.101. The van der Waals surface area contributed by atoms with Crippen molar-refractivity contribution in [3.63, 3.8) is 0 Å². The lowest BCUT2D eigenvalue weighted by Gasteiger charge is -2.20. The predicted molar refractivity (Wildman–Crippen MR) is 66.9 cm³/mol. The van der Waals surface area contributed by atoms with Gasteiger partial charge in [-0.2, -0.15) is 11.8 Å². The van der Waals surface area contributed by atoms with Crippen LogP contribution in [0.15, 0.2) is 12.4 Å². The summed E-state index contributed by atoms with van der Waals surface area (Å²) < 4.78 is 1.80. The van der Waals surface area contributed by atoms with E-state index in [0.29, 0.717) is 16.8 Å². The maximum atomic E-state index is 11.9. The highest BCUT2D eigenvalue weighted by molar-refractivity contribution is 8.00. The van der Waals surface area contributed by atoms with Gasteiger partial charge in [-0.05, 0) is 12.8 Å². The summed E-state index contributed by atoms with van der Waals surface area (Å²) in [6.45, 7) is 0. The van der Waals surface area contributed by atoms with E-state index in [1.54, 1.807) is 10.8 Å². The van der Waals surface area contributed by atoms with Crippen molar-refractivity contribution in [1.29, 1.82) is 0 Å². The van der Waals surface area contributed by atoms with Crippen LogP contribution in [0, 0.1) is 0 Å². The standard InChI is InChI=1S/C12H18N2OS/c1-14-8-7-13-12(14)11(15)9-16-10-5-3-2-4-6-10/h7-8,10H,2-6,9H2,1H3. The molecule has 1 aliphatic rings. The number of nitrogens with zero attached hydrogens (tertiary/aromatic N) is 2. The maximum Gasteiger partial charge on any atom is 0.208 e. The first-order valence-corrected chi connectivity index (χ1v) is 6.94. The summed E-state index contributed by atoms with van der Waals surface area (Å²) in [5.74, 6) is 1.32. The molecule has 16 heavy (non-hydrogen) atoms.